The second-order valence-electron chi connectivity index (χ2n) is 4.72. The summed E-state index contributed by atoms with van der Waals surface area (Å²) in [5.41, 5.74) is 2.56. The van der Waals surface area contributed by atoms with Gasteiger partial charge >= 0.3 is 6.18 Å². The fourth-order valence-electron chi connectivity index (χ4n) is 1.85. The van der Waals surface area contributed by atoms with E-state index < -0.39 is 17.6 Å². The van der Waals surface area contributed by atoms with E-state index in [0.29, 0.717) is 0 Å². The van der Waals surface area contributed by atoms with Gasteiger partial charge in [-0.25, -0.2) is 5.43 Å². The zero-order valence-corrected chi connectivity index (χ0v) is 13.4. The molecule has 0 heterocycles. The Labute approximate surface area is 139 Å². The van der Waals surface area contributed by atoms with Gasteiger partial charge in [0.1, 0.15) is 0 Å². The minimum Gasteiger partial charge on any atom is -0.273 e. The lowest BCUT2D eigenvalue weighted by Gasteiger charge is -2.08. The second-order valence-corrected chi connectivity index (χ2v) is 5.64. The van der Waals surface area contributed by atoms with Crippen molar-refractivity contribution in [1.29, 1.82) is 0 Å². The van der Waals surface area contributed by atoms with E-state index in [1.165, 1.54) is 18.3 Å². The molecule has 120 valence electrons. The SMILES string of the molecule is O=C(Cc1cccc(C(F)(F)F)c1)NN=Cc1cccc(Br)c1. The van der Waals surface area contributed by atoms with E-state index in [1.54, 1.807) is 6.07 Å². The van der Waals surface area contributed by atoms with Crippen LogP contribution in [0.5, 0.6) is 0 Å². The molecule has 0 aliphatic rings. The Morgan fingerprint density at radius 1 is 1.17 bits per heavy atom. The van der Waals surface area contributed by atoms with Crippen molar-refractivity contribution >= 4 is 28.1 Å². The van der Waals surface area contributed by atoms with Crippen molar-refractivity contribution in [2.75, 3.05) is 0 Å². The molecule has 7 heteroatoms. The van der Waals surface area contributed by atoms with Gasteiger partial charge in [0.2, 0.25) is 5.91 Å². The lowest BCUT2D eigenvalue weighted by molar-refractivity contribution is -0.137. The molecule has 0 spiro atoms. The number of hydrogen-bond acceptors (Lipinski definition) is 2. The van der Waals surface area contributed by atoms with E-state index in [-0.39, 0.29) is 12.0 Å². The molecule has 0 aliphatic heterocycles. The molecule has 0 radical (unpaired) electrons. The van der Waals surface area contributed by atoms with Crippen molar-refractivity contribution in [2.45, 2.75) is 12.6 Å². The topological polar surface area (TPSA) is 41.5 Å². The Kier molecular flexibility index (Phi) is 5.54. The van der Waals surface area contributed by atoms with Gasteiger partial charge in [-0.15, -0.1) is 0 Å². The smallest absolute Gasteiger partial charge is 0.273 e. The lowest BCUT2D eigenvalue weighted by atomic mass is 10.1. The van der Waals surface area contributed by atoms with Crippen LogP contribution in [-0.4, -0.2) is 12.1 Å². The summed E-state index contributed by atoms with van der Waals surface area (Å²) in [6, 6.07) is 11.9. The van der Waals surface area contributed by atoms with Gasteiger partial charge in [-0.1, -0.05) is 46.3 Å². The minimum atomic E-state index is -4.43. The van der Waals surface area contributed by atoms with Gasteiger partial charge in [0.25, 0.3) is 0 Å². The van der Waals surface area contributed by atoms with Crippen molar-refractivity contribution < 1.29 is 18.0 Å². The Balaban J connectivity index is 1.95. The summed E-state index contributed by atoms with van der Waals surface area (Å²) in [4.78, 5) is 11.7. The van der Waals surface area contributed by atoms with Crippen LogP contribution in [0.2, 0.25) is 0 Å². The van der Waals surface area contributed by atoms with Crippen LogP contribution in [0, 0.1) is 0 Å². The van der Waals surface area contributed by atoms with Crippen molar-refractivity contribution in [2.24, 2.45) is 5.10 Å². The first-order valence-corrected chi connectivity index (χ1v) is 7.37. The molecule has 0 aromatic heterocycles. The van der Waals surface area contributed by atoms with Gasteiger partial charge in [-0.3, -0.25) is 4.79 Å². The first-order valence-electron chi connectivity index (χ1n) is 6.58. The van der Waals surface area contributed by atoms with E-state index in [2.05, 4.69) is 26.5 Å². The van der Waals surface area contributed by atoms with Gasteiger partial charge in [0.15, 0.2) is 0 Å². The number of hydrogen-bond donors (Lipinski definition) is 1. The van der Waals surface area contributed by atoms with Crippen molar-refractivity contribution in [3.63, 3.8) is 0 Å². The van der Waals surface area contributed by atoms with Gasteiger partial charge in [-0.2, -0.15) is 18.3 Å². The number of alkyl halides is 3. The highest BCUT2D eigenvalue weighted by Gasteiger charge is 2.30. The first-order chi connectivity index (χ1) is 10.8. The molecule has 1 amide bonds. The average Bonchev–Trinajstić information content (AvgIpc) is 2.46. The highest BCUT2D eigenvalue weighted by molar-refractivity contribution is 9.10. The highest BCUT2D eigenvalue weighted by atomic mass is 79.9. The van der Waals surface area contributed by atoms with E-state index >= 15 is 0 Å². The summed E-state index contributed by atoms with van der Waals surface area (Å²) in [5.74, 6) is -0.490. The second kappa shape index (κ2) is 7.41. The molecule has 0 bridgehead atoms. The summed E-state index contributed by atoms with van der Waals surface area (Å²) in [6.07, 6.45) is -3.15. The van der Waals surface area contributed by atoms with Crippen LogP contribution < -0.4 is 5.43 Å². The van der Waals surface area contributed by atoms with Crippen LogP contribution in [0.3, 0.4) is 0 Å². The normalized spacial score (nSPS) is 11.7. The lowest BCUT2D eigenvalue weighted by Crippen LogP contribution is -2.20. The monoisotopic (exact) mass is 384 g/mol. The molecule has 23 heavy (non-hydrogen) atoms. The maximum atomic E-state index is 12.6. The van der Waals surface area contributed by atoms with E-state index in [4.69, 9.17) is 0 Å². The number of carbonyl (C=O) groups excluding carboxylic acids is 1. The van der Waals surface area contributed by atoms with Crippen LogP contribution in [0.25, 0.3) is 0 Å². The molecule has 2 aromatic carbocycles. The van der Waals surface area contributed by atoms with Gasteiger partial charge in [-0.05, 0) is 29.3 Å². The molecule has 2 rings (SSSR count). The average molecular weight is 385 g/mol. The van der Waals surface area contributed by atoms with E-state index in [0.717, 1.165) is 22.2 Å². The number of carbonyl (C=O) groups is 1. The number of hydrazone groups is 1. The fraction of sp³-hybridized carbons (Fsp3) is 0.125. The highest BCUT2D eigenvalue weighted by Crippen LogP contribution is 2.29. The third-order valence-corrected chi connectivity index (χ3v) is 3.36. The summed E-state index contributed by atoms with van der Waals surface area (Å²) in [7, 11) is 0. The fourth-order valence-corrected chi connectivity index (χ4v) is 2.27. The maximum Gasteiger partial charge on any atom is 0.416 e. The summed E-state index contributed by atoms with van der Waals surface area (Å²) >= 11 is 3.31. The van der Waals surface area contributed by atoms with E-state index in [1.807, 2.05) is 18.2 Å². The predicted molar refractivity (Wildman–Crippen MR) is 85.0 cm³/mol. The number of benzene rings is 2. The number of nitrogens with zero attached hydrogens (tertiary/aromatic N) is 1. The Morgan fingerprint density at radius 2 is 1.91 bits per heavy atom. The van der Waals surface area contributed by atoms with Gasteiger partial charge < -0.3 is 0 Å². The molecular weight excluding hydrogens is 373 g/mol. The van der Waals surface area contributed by atoms with E-state index in [9.17, 15) is 18.0 Å². The van der Waals surface area contributed by atoms with Crippen LogP contribution in [0.15, 0.2) is 58.1 Å². The zero-order valence-electron chi connectivity index (χ0n) is 11.8. The standard InChI is InChI=1S/C16H12BrF3N2O/c17-14-6-2-4-12(8-14)10-21-22-15(23)9-11-3-1-5-13(7-11)16(18,19)20/h1-8,10H,9H2,(H,22,23). The van der Waals surface area contributed by atoms with Crippen molar-refractivity contribution in [3.8, 4) is 0 Å². The third kappa shape index (κ3) is 5.52. The molecule has 0 unspecified atom stereocenters. The summed E-state index contributed by atoms with van der Waals surface area (Å²) < 4.78 is 38.7. The summed E-state index contributed by atoms with van der Waals surface area (Å²) in [5, 5.41) is 3.78. The van der Waals surface area contributed by atoms with Crippen molar-refractivity contribution in [1.82, 2.24) is 5.43 Å². The van der Waals surface area contributed by atoms with Crippen LogP contribution in [0.4, 0.5) is 13.2 Å². The number of amides is 1. The molecule has 0 saturated carbocycles. The van der Waals surface area contributed by atoms with Crippen LogP contribution >= 0.6 is 15.9 Å². The Hall–Kier alpha value is -2.15. The zero-order chi connectivity index (χ0) is 16.9. The summed E-state index contributed by atoms with van der Waals surface area (Å²) in [6.45, 7) is 0. The number of nitrogens with one attached hydrogen (secondary N) is 1. The van der Waals surface area contributed by atoms with Crippen molar-refractivity contribution in [3.05, 3.63) is 69.7 Å². The number of halogens is 4. The maximum absolute atomic E-state index is 12.6. The molecule has 3 nitrogen and oxygen atoms in total. The van der Waals surface area contributed by atoms with Gasteiger partial charge in [0.05, 0.1) is 18.2 Å². The van der Waals surface area contributed by atoms with Crippen LogP contribution in [-0.2, 0) is 17.4 Å². The molecule has 0 fully saturated rings. The third-order valence-electron chi connectivity index (χ3n) is 2.87. The van der Waals surface area contributed by atoms with Crippen LogP contribution in [0.1, 0.15) is 16.7 Å². The Morgan fingerprint density at radius 3 is 2.61 bits per heavy atom. The molecule has 0 atom stereocenters. The van der Waals surface area contributed by atoms with Gasteiger partial charge in [0, 0.05) is 4.47 Å². The largest absolute Gasteiger partial charge is 0.416 e. The molecule has 0 aliphatic carbocycles. The predicted octanol–water partition coefficient (Wildman–Crippen LogP) is 4.16. The first kappa shape index (κ1) is 17.2. The quantitative estimate of drug-likeness (QED) is 0.623. The minimum absolute atomic E-state index is 0.181. The molecular formula is C16H12BrF3N2O. The molecule has 0 saturated heterocycles. The molecule has 2 aromatic rings. The number of rotatable bonds is 4. The Bertz CT molecular complexity index is 729. The molecule has 1 N–H and O–H groups in total.